The van der Waals surface area contributed by atoms with Crippen LogP contribution in [0, 0.1) is 0 Å². The fourth-order valence-electron chi connectivity index (χ4n) is 2.84. The molecule has 0 aliphatic rings. The van der Waals surface area contributed by atoms with E-state index < -0.39 is 17.7 Å². The topological polar surface area (TPSA) is 108 Å². The van der Waals surface area contributed by atoms with Crippen molar-refractivity contribution in [3.05, 3.63) is 34.3 Å². The lowest BCUT2D eigenvalue weighted by atomic mass is 10.2. The van der Waals surface area contributed by atoms with Crippen molar-refractivity contribution in [1.29, 1.82) is 0 Å². The second kappa shape index (κ2) is 12.3. The molecule has 2 aromatic rings. The maximum absolute atomic E-state index is 13.0. The lowest BCUT2D eigenvalue weighted by Gasteiger charge is -2.18. The number of halogens is 2. The number of hydrogen-bond acceptors (Lipinski definition) is 8. The number of Topliss-reactive ketones (excluding diaryl/α,β-unsaturated/α-hetero) is 1. The van der Waals surface area contributed by atoms with Gasteiger partial charge in [0.25, 0.3) is 5.91 Å². The molecule has 1 atom stereocenters. The van der Waals surface area contributed by atoms with Crippen LogP contribution in [0.4, 0.5) is 11.4 Å². The molecule has 0 aromatic heterocycles. The number of benzene rings is 2. The van der Waals surface area contributed by atoms with E-state index >= 15 is 0 Å². The Kier molecular flexibility index (Phi) is 9.74. The lowest BCUT2D eigenvalue weighted by molar-refractivity contribution is -0.126. The Labute approximate surface area is 202 Å². The van der Waals surface area contributed by atoms with Gasteiger partial charge < -0.3 is 24.3 Å². The lowest BCUT2D eigenvalue weighted by Crippen LogP contribution is -2.32. The molecule has 0 aliphatic heterocycles. The number of carbonyl (C=O) groups is 2. The maximum atomic E-state index is 13.0. The molecule has 0 bridgehead atoms. The quantitative estimate of drug-likeness (QED) is 0.324. The molecule has 1 amide bonds. The van der Waals surface area contributed by atoms with Crippen molar-refractivity contribution in [1.82, 2.24) is 0 Å². The fraction of sp³-hybridized carbons (Fsp3) is 0.364. The predicted molar refractivity (Wildman–Crippen MR) is 126 cm³/mol. The van der Waals surface area contributed by atoms with Gasteiger partial charge in [-0.05, 0) is 26.8 Å². The molecule has 178 valence electrons. The van der Waals surface area contributed by atoms with Gasteiger partial charge in [-0.3, -0.25) is 9.59 Å². The summed E-state index contributed by atoms with van der Waals surface area (Å²) in [6, 6.07) is 4.63. The molecule has 0 fully saturated rings. The SMILES string of the molecule is CCOc1cc(Cl)cc(OCC)c1NC(=O)C(N=Nc1cc(Cl)cc(OC)c1OC)C(C)=O. The normalized spacial score (nSPS) is 11.7. The van der Waals surface area contributed by atoms with Gasteiger partial charge in [-0.2, -0.15) is 10.2 Å². The van der Waals surface area contributed by atoms with Gasteiger partial charge in [0.2, 0.25) is 6.04 Å². The van der Waals surface area contributed by atoms with Gasteiger partial charge in [-0.25, -0.2) is 0 Å². The minimum atomic E-state index is -1.46. The van der Waals surface area contributed by atoms with E-state index in [1.54, 1.807) is 19.9 Å². The van der Waals surface area contributed by atoms with Crippen LogP contribution >= 0.6 is 23.2 Å². The van der Waals surface area contributed by atoms with Gasteiger partial charge in [0, 0.05) is 28.2 Å². The number of methoxy groups -OCH3 is 2. The summed E-state index contributed by atoms with van der Waals surface area (Å²) in [7, 11) is 2.87. The number of azo groups is 1. The van der Waals surface area contributed by atoms with Gasteiger partial charge in [0.1, 0.15) is 22.9 Å². The van der Waals surface area contributed by atoms with E-state index in [0.717, 1.165) is 0 Å². The van der Waals surface area contributed by atoms with Crippen molar-refractivity contribution >= 4 is 46.3 Å². The van der Waals surface area contributed by atoms with Gasteiger partial charge in [0.05, 0.1) is 27.4 Å². The van der Waals surface area contributed by atoms with E-state index in [1.165, 1.54) is 39.3 Å². The number of nitrogens with zero attached hydrogens (tertiary/aromatic N) is 2. The third kappa shape index (κ3) is 6.72. The molecular weight excluding hydrogens is 473 g/mol. The van der Waals surface area contributed by atoms with E-state index in [4.69, 9.17) is 42.1 Å². The summed E-state index contributed by atoms with van der Waals surface area (Å²) in [6.45, 7) is 5.44. The molecule has 2 rings (SSSR count). The maximum Gasteiger partial charge on any atom is 0.259 e. The van der Waals surface area contributed by atoms with Crippen LogP contribution < -0.4 is 24.3 Å². The van der Waals surface area contributed by atoms with Gasteiger partial charge in [-0.15, -0.1) is 0 Å². The van der Waals surface area contributed by atoms with E-state index in [2.05, 4.69) is 15.5 Å². The summed E-state index contributed by atoms with van der Waals surface area (Å²) in [5.41, 5.74) is 0.425. The molecule has 0 saturated carbocycles. The first-order valence-electron chi connectivity index (χ1n) is 9.98. The summed E-state index contributed by atoms with van der Waals surface area (Å²) in [5, 5.41) is 11.3. The summed E-state index contributed by atoms with van der Waals surface area (Å²) in [4.78, 5) is 25.2. The largest absolute Gasteiger partial charge is 0.493 e. The van der Waals surface area contributed by atoms with Crippen LogP contribution in [0.1, 0.15) is 20.8 Å². The molecule has 0 radical (unpaired) electrons. The number of nitrogens with one attached hydrogen (secondary N) is 1. The molecule has 0 aliphatic carbocycles. The van der Waals surface area contributed by atoms with Crippen LogP contribution in [0.2, 0.25) is 10.0 Å². The van der Waals surface area contributed by atoms with Crippen molar-refractivity contribution in [3.8, 4) is 23.0 Å². The zero-order chi connectivity index (χ0) is 24.5. The highest BCUT2D eigenvalue weighted by molar-refractivity contribution is 6.31. The number of hydrogen-bond donors (Lipinski definition) is 1. The summed E-state index contributed by atoms with van der Waals surface area (Å²) < 4.78 is 21.7. The van der Waals surface area contributed by atoms with Crippen molar-refractivity contribution in [2.45, 2.75) is 26.8 Å². The second-order valence-electron chi connectivity index (χ2n) is 6.52. The first-order valence-corrected chi connectivity index (χ1v) is 10.7. The van der Waals surface area contributed by atoms with Crippen LogP contribution in [0.15, 0.2) is 34.5 Å². The number of carbonyl (C=O) groups excluding carboxylic acids is 2. The van der Waals surface area contributed by atoms with E-state index in [0.29, 0.717) is 40.5 Å². The Bertz CT molecular complexity index is 1020. The molecule has 0 heterocycles. The Morgan fingerprint density at radius 1 is 0.939 bits per heavy atom. The minimum absolute atomic E-state index is 0.192. The van der Waals surface area contributed by atoms with Gasteiger partial charge >= 0.3 is 0 Å². The van der Waals surface area contributed by atoms with Crippen molar-refractivity contribution in [3.63, 3.8) is 0 Å². The average molecular weight is 498 g/mol. The Morgan fingerprint density at radius 3 is 1.97 bits per heavy atom. The molecule has 2 aromatic carbocycles. The first kappa shape index (κ1) is 26.2. The number of ether oxygens (including phenoxy) is 4. The number of anilines is 1. The first-order chi connectivity index (χ1) is 15.7. The summed E-state index contributed by atoms with van der Waals surface area (Å²) in [5.74, 6) is -0.0999. The zero-order valence-corrected chi connectivity index (χ0v) is 20.4. The monoisotopic (exact) mass is 497 g/mol. The van der Waals surface area contributed by atoms with Crippen LogP contribution in [0.3, 0.4) is 0 Å². The van der Waals surface area contributed by atoms with Crippen LogP contribution in [-0.2, 0) is 9.59 Å². The third-order valence-electron chi connectivity index (χ3n) is 4.22. The molecule has 1 N–H and O–H groups in total. The molecule has 1 unspecified atom stereocenters. The number of amides is 1. The number of ketones is 1. The Balaban J connectivity index is 2.42. The number of rotatable bonds is 11. The fourth-order valence-corrected chi connectivity index (χ4v) is 3.24. The summed E-state index contributed by atoms with van der Waals surface area (Å²) in [6.07, 6.45) is 0. The predicted octanol–water partition coefficient (Wildman–Crippen LogP) is 5.49. The second-order valence-corrected chi connectivity index (χ2v) is 7.39. The molecule has 0 spiro atoms. The molecule has 0 saturated heterocycles. The Morgan fingerprint density at radius 2 is 1.48 bits per heavy atom. The zero-order valence-electron chi connectivity index (χ0n) is 18.9. The van der Waals surface area contributed by atoms with Crippen molar-refractivity contribution in [2.75, 3.05) is 32.8 Å². The molecular formula is C22H25Cl2N3O6. The third-order valence-corrected chi connectivity index (χ3v) is 4.65. The van der Waals surface area contributed by atoms with E-state index in [-0.39, 0.29) is 17.1 Å². The van der Waals surface area contributed by atoms with E-state index in [9.17, 15) is 9.59 Å². The van der Waals surface area contributed by atoms with Crippen LogP contribution in [0.5, 0.6) is 23.0 Å². The smallest absolute Gasteiger partial charge is 0.259 e. The highest BCUT2D eigenvalue weighted by atomic mass is 35.5. The van der Waals surface area contributed by atoms with Crippen LogP contribution in [-0.4, -0.2) is 45.2 Å². The van der Waals surface area contributed by atoms with E-state index in [1.807, 2.05) is 0 Å². The Hall–Kier alpha value is -3.04. The van der Waals surface area contributed by atoms with Gasteiger partial charge in [-0.1, -0.05) is 23.2 Å². The highest BCUT2D eigenvalue weighted by Crippen LogP contribution is 2.41. The van der Waals surface area contributed by atoms with Crippen molar-refractivity contribution < 1.29 is 28.5 Å². The minimum Gasteiger partial charge on any atom is -0.493 e. The molecule has 33 heavy (non-hydrogen) atoms. The van der Waals surface area contributed by atoms with Crippen LogP contribution in [0.25, 0.3) is 0 Å². The highest BCUT2D eigenvalue weighted by Gasteiger charge is 2.26. The molecule has 9 nitrogen and oxygen atoms in total. The van der Waals surface area contributed by atoms with Crippen molar-refractivity contribution in [2.24, 2.45) is 10.2 Å². The molecule has 11 heteroatoms. The van der Waals surface area contributed by atoms with Gasteiger partial charge in [0.15, 0.2) is 17.3 Å². The standard InChI is InChI=1S/C22H25Cl2N3O6/c1-6-32-16-9-14(24)10-17(33-7-2)20(16)25-22(29)19(12(3)28)27-26-15-8-13(23)11-18(30-4)21(15)31-5/h8-11,19H,6-7H2,1-5H3,(H,25,29). The summed E-state index contributed by atoms with van der Waals surface area (Å²) >= 11 is 12.2. The average Bonchev–Trinajstić information content (AvgIpc) is 2.75.